The van der Waals surface area contributed by atoms with Crippen molar-refractivity contribution in [1.82, 2.24) is 4.57 Å². The maximum Gasteiger partial charge on any atom is 0.179 e. The van der Waals surface area contributed by atoms with Gasteiger partial charge in [0.1, 0.15) is 0 Å². The van der Waals surface area contributed by atoms with Crippen molar-refractivity contribution in [2.45, 2.75) is 77.0 Å². The van der Waals surface area contributed by atoms with Crippen molar-refractivity contribution in [2.75, 3.05) is 9.80 Å². The van der Waals surface area contributed by atoms with E-state index in [1.807, 2.05) is 0 Å². The summed E-state index contributed by atoms with van der Waals surface area (Å²) in [6.45, 7) is 18.7. The minimum Gasteiger partial charge on any atom is -0.310 e. The monoisotopic (exact) mass is 1490 g/mol. The minimum atomic E-state index is -3.13. The molecule has 0 saturated heterocycles. The first-order valence-electron chi connectivity index (χ1n) is 39.9. The summed E-state index contributed by atoms with van der Waals surface area (Å²) < 4.78 is 2.53. The van der Waals surface area contributed by atoms with Crippen LogP contribution >= 0.6 is 0 Å². The van der Waals surface area contributed by atoms with E-state index < -0.39 is 16.1 Å². The van der Waals surface area contributed by atoms with E-state index >= 15 is 0 Å². The quantitative estimate of drug-likeness (QED) is 0.0748. The molecule has 1 aliphatic heterocycles. The van der Waals surface area contributed by atoms with Crippen LogP contribution in [0.3, 0.4) is 0 Å². The van der Waals surface area contributed by atoms with Gasteiger partial charge in [-0.15, -0.1) is 0 Å². The van der Waals surface area contributed by atoms with E-state index in [0.717, 1.165) is 61.6 Å². The number of aromatic nitrogens is 1. The maximum atomic E-state index is 2.53. The van der Waals surface area contributed by atoms with Crippen LogP contribution in [0, 0.1) is 0 Å². The van der Waals surface area contributed by atoms with E-state index in [9.17, 15) is 0 Å². The molecule has 3 nitrogen and oxygen atoms in total. The number of hydrogen-bond acceptors (Lipinski definition) is 2. The molecule has 16 aromatic carbocycles. The number of fused-ring (bicyclic) bond motifs is 5. The van der Waals surface area contributed by atoms with Gasteiger partial charge in [0.05, 0.1) is 11.0 Å². The molecule has 1 aromatic heterocycles. The van der Waals surface area contributed by atoms with Gasteiger partial charge >= 0.3 is 0 Å². The molecule has 5 heteroatoms. The van der Waals surface area contributed by atoms with Gasteiger partial charge in [0, 0.05) is 72.2 Å². The summed E-state index contributed by atoms with van der Waals surface area (Å²) in [6.07, 6.45) is 0. The molecule has 2 heterocycles. The Morgan fingerprint density at radius 3 is 0.646 bits per heavy atom. The lowest BCUT2D eigenvalue weighted by atomic mass is 9.78. The summed E-state index contributed by atoms with van der Waals surface area (Å²) in [6, 6.07) is 159. The summed E-state index contributed by atoms with van der Waals surface area (Å²) in [4.78, 5) is 4.92. The lowest BCUT2D eigenvalue weighted by Crippen LogP contribution is -2.93. The molecule has 0 spiro atoms. The Balaban J connectivity index is 0.850. The Labute approximate surface area is 669 Å². The van der Waals surface area contributed by atoms with E-state index in [1.165, 1.54) is 86.0 Å². The number of nitrogens with zero attached hydrogens (tertiary/aromatic N) is 3. The Bertz CT molecular complexity index is 5690. The zero-order valence-electron chi connectivity index (χ0n) is 65.7. The van der Waals surface area contributed by atoms with Crippen molar-refractivity contribution < 1.29 is 0 Å². The van der Waals surface area contributed by atoms with Crippen LogP contribution in [-0.2, 0) is 21.7 Å². The van der Waals surface area contributed by atoms with E-state index in [-0.39, 0.29) is 21.7 Å². The average molecular weight is 1490 g/mol. The molecule has 113 heavy (non-hydrogen) atoms. The van der Waals surface area contributed by atoms with Crippen LogP contribution in [0.2, 0.25) is 0 Å². The molecular formula is C108H93N3Si2. The van der Waals surface area contributed by atoms with Gasteiger partial charge in [-0.3, -0.25) is 0 Å². The molecule has 1 aliphatic rings. The van der Waals surface area contributed by atoms with Crippen LogP contribution in [0.15, 0.2) is 419 Å². The lowest BCUT2D eigenvalue weighted by Gasteiger charge is -2.48. The van der Waals surface area contributed by atoms with Crippen LogP contribution < -0.4 is 51.3 Å². The standard InChI is InChI=1S/C108H93N3Si2/c1-105(2,78-34-16-9-17-35-78)82-52-60-86(61-53-82)109(87-62-54-83(55-63-87)106(3,4)79-36-18-10-19-37-79)91-70-74-99-97(76-91)98-77-92(110(88-64-56-84(57-65-88)107(5,6)80-38-20-11-21-39-80)89-66-58-85(59-67-89)108(7,8)81-40-22-12-23-41-81)71-75-100(98)111(99)90-68-72-96(73-69-90)113(95-46-28-15-29-47-95)103-50-32-30-48-101(103)112(93-42-24-13-25-43-93,94-44-26-14-27-45-94)102-49-31-33-51-104(102)113/h9-77H,1-8H3. The normalized spacial score (nSPS) is 13.3. The lowest BCUT2D eigenvalue weighted by molar-refractivity contribution is 0.640. The molecule has 0 bridgehead atoms. The number of rotatable bonds is 19. The van der Waals surface area contributed by atoms with E-state index in [4.69, 9.17) is 0 Å². The summed E-state index contributed by atoms with van der Waals surface area (Å²) in [5, 5.41) is 13.6. The van der Waals surface area contributed by atoms with Gasteiger partial charge in [0.25, 0.3) is 0 Å². The average Bonchev–Trinajstić information content (AvgIpc) is 1.07. The fourth-order valence-corrected chi connectivity index (χ4v) is 30.8. The SMILES string of the molecule is CC(C)(c1ccccc1)c1ccc(N(c2ccc(C(C)(C)c3ccccc3)cc2)c2ccc3c(c2)c2cc(N(c4ccc(C(C)(C)c5ccccc5)cc4)c4ccc(C(C)(C)c5ccccc5)cc4)ccc2n3-c2ccc([Si]3(c4ccccc4)c4ccccc4[Si](c4ccccc4)(c4ccccc4)c4ccccc43)cc2)cc1. The highest BCUT2D eigenvalue weighted by Crippen LogP contribution is 2.46. The molecule has 0 aliphatic carbocycles. The molecule has 0 atom stereocenters. The molecule has 17 aromatic rings. The highest BCUT2D eigenvalue weighted by Gasteiger charge is 2.56. The molecule has 0 N–H and O–H groups in total. The van der Waals surface area contributed by atoms with Crippen molar-refractivity contribution >= 4 is 114 Å². The van der Waals surface area contributed by atoms with Crippen LogP contribution in [-0.4, -0.2) is 20.7 Å². The second-order valence-electron chi connectivity index (χ2n) is 32.8. The summed E-state index contributed by atoms with van der Waals surface area (Å²) in [5.74, 6) is 0. The topological polar surface area (TPSA) is 11.4 Å². The van der Waals surface area contributed by atoms with Gasteiger partial charge in [0.2, 0.25) is 0 Å². The molecule has 18 rings (SSSR count). The summed E-state index contributed by atoms with van der Waals surface area (Å²) in [7, 11) is -6.06. The second kappa shape index (κ2) is 28.9. The smallest absolute Gasteiger partial charge is 0.179 e. The molecule has 0 amide bonds. The number of benzene rings is 16. The first-order chi connectivity index (χ1) is 55.1. The first kappa shape index (κ1) is 71.9. The second-order valence-corrected chi connectivity index (χ2v) is 40.3. The largest absolute Gasteiger partial charge is 0.310 e. The number of anilines is 6. The van der Waals surface area contributed by atoms with Gasteiger partial charge in [-0.05, 0) is 183 Å². The van der Waals surface area contributed by atoms with Crippen molar-refractivity contribution in [1.29, 1.82) is 0 Å². The molecular weight excluding hydrogens is 1400 g/mol. The molecule has 0 fully saturated rings. The Hall–Kier alpha value is -12.6. The minimum absolute atomic E-state index is 0.227. The van der Waals surface area contributed by atoms with Crippen LogP contribution in [0.5, 0.6) is 0 Å². The van der Waals surface area contributed by atoms with E-state index in [2.05, 4.69) is 488 Å². The first-order valence-corrected chi connectivity index (χ1v) is 43.9. The summed E-state index contributed by atoms with van der Waals surface area (Å²) >= 11 is 0. The van der Waals surface area contributed by atoms with Crippen molar-refractivity contribution in [3.63, 3.8) is 0 Å². The van der Waals surface area contributed by atoms with Gasteiger partial charge in [-0.25, -0.2) is 0 Å². The third-order valence-electron chi connectivity index (χ3n) is 25.3. The van der Waals surface area contributed by atoms with Crippen LogP contribution in [0.4, 0.5) is 34.1 Å². The van der Waals surface area contributed by atoms with Crippen molar-refractivity contribution in [3.8, 4) is 5.69 Å². The molecule has 0 unspecified atom stereocenters. The number of hydrogen-bond donors (Lipinski definition) is 0. The molecule has 548 valence electrons. The fourth-order valence-electron chi connectivity index (χ4n) is 18.7. The Morgan fingerprint density at radius 2 is 0.398 bits per heavy atom. The highest BCUT2D eigenvalue weighted by molar-refractivity contribution is 7.33. The summed E-state index contributed by atoms with van der Waals surface area (Å²) in [5.41, 5.74) is 19.0. The third-order valence-corrected chi connectivity index (χ3v) is 35.5. The van der Waals surface area contributed by atoms with E-state index in [0.29, 0.717) is 0 Å². The predicted molar refractivity (Wildman–Crippen MR) is 485 cm³/mol. The Kier molecular flexibility index (Phi) is 18.4. The predicted octanol–water partition coefficient (Wildman–Crippen LogP) is 22.1. The Morgan fingerprint density at radius 1 is 0.195 bits per heavy atom. The fraction of sp³-hybridized carbons (Fsp3) is 0.111. The van der Waals surface area contributed by atoms with E-state index in [1.54, 1.807) is 0 Å². The maximum absolute atomic E-state index is 3.13. The third kappa shape index (κ3) is 12.2. The van der Waals surface area contributed by atoms with Gasteiger partial charge in [-0.1, -0.05) is 377 Å². The van der Waals surface area contributed by atoms with Crippen LogP contribution in [0.1, 0.15) is 99.9 Å². The van der Waals surface area contributed by atoms with Crippen molar-refractivity contribution in [3.05, 3.63) is 463 Å². The van der Waals surface area contributed by atoms with Gasteiger partial charge in [0.15, 0.2) is 16.1 Å². The van der Waals surface area contributed by atoms with Gasteiger partial charge < -0.3 is 14.4 Å². The highest BCUT2D eigenvalue weighted by atomic mass is 28.3. The zero-order valence-corrected chi connectivity index (χ0v) is 67.7. The van der Waals surface area contributed by atoms with Gasteiger partial charge in [-0.2, -0.15) is 0 Å². The zero-order chi connectivity index (χ0) is 77.1. The molecule has 0 saturated carbocycles. The van der Waals surface area contributed by atoms with Crippen molar-refractivity contribution in [2.24, 2.45) is 0 Å². The molecule has 0 radical (unpaired) electrons. The van der Waals surface area contributed by atoms with Crippen LogP contribution in [0.25, 0.3) is 27.5 Å².